The molecule has 0 amide bonds. The zero-order valence-electron chi connectivity index (χ0n) is 30.2. The lowest BCUT2D eigenvalue weighted by molar-refractivity contribution is 0.0652. The second kappa shape index (κ2) is 16.0. The molecular weight excluding hydrogens is 695 g/mol. The van der Waals surface area contributed by atoms with Crippen LogP contribution in [0.4, 0.5) is 0 Å². The van der Waals surface area contributed by atoms with E-state index >= 15 is 0 Å². The number of hydrogen-bond donors (Lipinski definition) is 0. The molecule has 0 aliphatic carbocycles. The van der Waals surface area contributed by atoms with Crippen LogP contribution in [0.25, 0.3) is 33.6 Å². The van der Waals surface area contributed by atoms with Crippen LogP contribution in [0.3, 0.4) is 0 Å². The van der Waals surface area contributed by atoms with Crippen molar-refractivity contribution in [3.63, 3.8) is 0 Å². The molecule has 0 spiro atoms. The van der Waals surface area contributed by atoms with Gasteiger partial charge in [0.15, 0.2) is 0 Å². The van der Waals surface area contributed by atoms with Crippen LogP contribution in [-0.2, 0) is 22.6 Å². The highest BCUT2D eigenvalue weighted by molar-refractivity contribution is 6.39. The second-order valence-electron chi connectivity index (χ2n) is 14.7. The van der Waals surface area contributed by atoms with Crippen LogP contribution in [0.5, 0.6) is 11.8 Å². The van der Waals surface area contributed by atoms with Crippen LogP contribution in [0.15, 0.2) is 60.7 Å². The molecule has 0 saturated carbocycles. The largest absolute Gasteiger partial charge is 0.481 e. The summed E-state index contributed by atoms with van der Waals surface area (Å²) in [5.74, 6) is 2.45. The van der Waals surface area contributed by atoms with E-state index in [1.165, 1.54) is 38.5 Å². The van der Waals surface area contributed by atoms with Gasteiger partial charge in [0.2, 0.25) is 11.8 Å². The first-order valence-electron chi connectivity index (χ1n) is 18.8. The van der Waals surface area contributed by atoms with Gasteiger partial charge in [-0.2, -0.15) is 0 Å². The van der Waals surface area contributed by atoms with Crippen molar-refractivity contribution in [1.29, 1.82) is 0 Å². The molecule has 4 aliphatic rings. The van der Waals surface area contributed by atoms with Gasteiger partial charge in [0, 0.05) is 72.8 Å². The molecular formula is C42H48Cl2N4O4. The molecule has 4 saturated heterocycles. The van der Waals surface area contributed by atoms with Crippen LogP contribution >= 0.6 is 23.2 Å². The van der Waals surface area contributed by atoms with Gasteiger partial charge in [0.1, 0.15) is 0 Å². The molecule has 4 aliphatic heterocycles. The lowest BCUT2D eigenvalue weighted by Crippen LogP contribution is -2.25. The number of nitrogens with zero attached hydrogens (tertiary/aromatic N) is 4. The van der Waals surface area contributed by atoms with Crippen LogP contribution in [0.2, 0.25) is 10.0 Å². The molecule has 4 unspecified atom stereocenters. The maximum atomic E-state index is 7.19. The van der Waals surface area contributed by atoms with Crippen LogP contribution < -0.4 is 9.47 Å². The third kappa shape index (κ3) is 7.43. The van der Waals surface area contributed by atoms with E-state index in [0.29, 0.717) is 45.8 Å². The number of rotatable bonds is 11. The molecule has 0 radical (unpaired) electrons. The summed E-state index contributed by atoms with van der Waals surface area (Å²) in [5, 5.41) is 1.16. The first-order valence-corrected chi connectivity index (χ1v) is 19.6. The molecule has 0 N–H and O–H groups in total. The van der Waals surface area contributed by atoms with E-state index in [0.717, 1.165) is 97.3 Å². The Morgan fingerprint density at radius 3 is 1.46 bits per heavy atom. The Hall–Kier alpha value is -3.24. The summed E-state index contributed by atoms with van der Waals surface area (Å²) in [6.45, 7) is 7.61. The van der Waals surface area contributed by atoms with Crippen LogP contribution in [0, 0.1) is 11.8 Å². The quantitative estimate of drug-likeness (QED) is 0.151. The summed E-state index contributed by atoms with van der Waals surface area (Å²) >= 11 is 14.4. The van der Waals surface area contributed by atoms with E-state index in [4.69, 9.17) is 52.1 Å². The molecule has 4 fully saturated rings. The first kappa shape index (κ1) is 35.8. The van der Waals surface area contributed by atoms with E-state index in [1.807, 2.05) is 48.5 Å². The average Bonchev–Trinajstić information content (AvgIpc) is 4.01. The van der Waals surface area contributed by atoms with Crippen molar-refractivity contribution in [3.8, 4) is 45.4 Å². The average molecular weight is 744 g/mol. The van der Waals surface area contributed by atoms with Crippen LogP contribution in [-0.4, -0.2) is 85.6 Å². The minimum absolute atomic E-state index is 0.408. The van der Waals surface area contributed by atoms with Crippen molar-refractivity contribution in [2.75, 3.05) is 53.6 Å². The van der Waals surface area contributed by atoms with E-state index in [1.54, 1.807) is 14.2 Å². The molecule has 4 aromatic rings. The van der Waals surface area contributed by atoms with Gasteiger partial charge in [0.05, 0.1) is 47.9 Å². The number of likely N-dealkylation sites (tertiary alicyclic amines) is 2. The molecule has 0 bridgehead atoms. The molecule has 10 heteroatoms. The minimum Gasteiger partial charge on any atom is -0.481 e. The zero-order chi connectivity index (χ0) is 35.6. The van der Waals surface area contributed by atoms with Gasteiger partial charge in [-0.05, 0) is 75.6 Å². The van der Waals surface area contributed by atoms with Gasteiger partial charge >= 0.3 is 0 Å². The van der Waals surface area contributed by atoms with Crippen molar-refractivity contribution < 1.29 is 18.9 Å². The van der Waals surface area contributed by atoms with E-state index in [2.05, 4.69) is 21.9 Å². The van der Waals surface area contributed by atoms with Gasteiger partial charge < -0.3 is 18.9 Å². The number of methoxy groups -OCH3 is 2. The highest BCUT2D eigenvalue weighted by Crippen LogP contribution is 2.43. The predicted molar refractivity (Wildman–Crippen MR) is 206 cm³/mol. The normalized spacial score (nSPS) is 23.8. The van der Waals surface area contributed by atoms with Gasteiger partial charge in [-0.1, -0.05) is 71.7 Å². The number of ether oxygens (including phenoxy) is 4. The predicted octanol–water partition coefficient (Wildman–Crippen LogP) is 8.80. The third-order valence-corrected chi connectivity index (χ3v) is 12.3. The van der Waals surface area contributed by atoms with Crippen molar-refractivity contribution in [2.45, 2.75) is 63.8 Å². The molecule has 6 heterocycles. The molecule has 8 rings (SSSR count). The molecule has 2 aromatic heterocycles. The molecule has 8 nitrogen and oxygen atoms in total. The summed E-state index contributed by atoms with van der Waals surface area (Å²) in [5.41, 5.74) is 6.92. The SMILES string of the molecule is COc1nc(-c2cccc(-c3cccc(-c4ccc(CN5CCC(C6CCCO6)C5)c(OC)n4)c3Cl)c2Cl)ccc1CN1CCC(C2CCCO2)C1. The summed E-state index contributed by atoms with van der Waals surface area (Å²) in [7, 11) is 3.37. The summed E-state index contributed by atoms with van der Waals surface area (Å²) < 4.78 is 23.6. The maximum absolute atomic E-state index is 7.19. The molecule has 274 valence electrons. The van der Waals surface area contributed by atoms with Crippen molar-refractivity contribution in [1.82, 2.24) is 19.8 Å². The van der Waals surface area contributed by atoms with Crippen molar-refractivity contribution >= 4 is 23.2 Å². The fourth-order valence-corrected chi connectivity index (χ4v) is 9.41. The Kier molecular flexibility index (Phi) is 11.0. The highest BCUT2D eigenvalue weighted by atomic mass is 35.5. The number of aromatic nitrogens is 2. The minimum atomic E-state index is 0.408. The Labute approximate surface area is 317 Å². The Balaban J connectivity index is 1.00. The highest BCUT2D eigenvalue weighted by Gasteiger charge is 2.34. The second-order valence-corrected chi connectivity index (χ2v) is 15.5. The monoisotopic (exact) mass is 742 g/mol. The smallest absolute Gasteiger partial charge is 0.218 e. The van der Waals surface area contributed by atoms with E-state index in [9.17, 15) is 0 Å². The van der Waals surface area contributed by atoms with E-state index < -0.39 is 0 Å². The molecule has 2 aromatic carbocycles. The Morgan fingerprint density at radius 2 is 1.06 bits per heavy atom. The summed E-state index contributed by atoms with van der Waals surface area (Å²) in [6, 6.07) is 20.3. The van der Waals surface area contributed by atoms with Crippen molar-refractivity contribution in [3.05, 3.63) is 81.8 Å². The topological polar surface area (TPSA) is 69.2 Å². The van der Waals surface area contributed by atoms with Crippen LogP contribution in [0.1, 0.15) is 49.7 Å². The summed E-state index contributed by atoms with van der Waals surface area (Å²) in [4.78, 5) is 14.9. The first-order chi connectivity index (χ1) is 25.5. The number of benzene rings is 2. The Morgan fingerprint density at radius 1 is 0.615 bits per heavy atom. The lowest BCUT2D eigenvalue weighted by Gasteiger charge is -2.20. The molecule has 52 heavy (non-hydrogen) atoms. The molecule has 4 atom stereocenters. The van der Waals surface area contributed by atoms with Gasteiger partial charge in [-0.25, -0.2) is 9.97 Å². The third-order valence-electron chi connectivity index (χ3n) is 11.5. The van der Waals surface area contributed by atoms with Gasteiger partial charge in [-0.15, -0.1) is 0 Å². The van der Waals surface area contributed by atoms with Gasteiger partial charge in [-0.3, -0.25) is 9.80 Å². The fraction of sp³-hybridized carbons (Fsp3) is 0.476. The number of pyridine rings is 2. The standard InChI is InChI=1S/C42H48Cl2N4O4/c1-49-41-29(25-47-19-17-27(23-47)37-11-5-21-51-37)13-15-35(45-41)33-9-3-7-31(39(33)43)32-8-4-10-34(40(32)44)36-16-14-30(42(46-36)50-2)26-48-20-18-28(24-48)38-12-6-22-52-38/h3-4,7-10,13-16,27-28,37-38H,5-6,11-12,17-26H2,1-2H3. The van der Waals surface area contributed by atoms with E-state index in [-0.39, 0.29) is 0 Å². The van der Waals surface area contributed by atoms with Crippen molar-refractivity contribution in [2.24, 2.45) is 11.8 Å². The maximum Gasteiger partial charge on any atom is 0.218 e. The number of hydrogen-bond acceptors (Lipinski definition) is 8. The Bertz CT molecular complexity index is 1740. The van der Waals surface area contributed by atoms with Gasteiger partial charge in [0.25, 0.3) is 0 Å². The fourth-order valence-electron chi connectivity index (χ4n) is 8.76. The number of halogens is 2. The lowest BCUT2D eigenvalue weighted by atomic mass is 9.98. The summed E-state index contributed by atoms with van der Waals surface area (Å²) in [6.07, 6.45) is 7.89. The zero-order valence-corrected chi connectivity index (χ0v) is 31.7.